The highest BCUT2D eigenvalue weighted by molar-refractivity contribution is 5.56. The summed E-state index contributed by atoms with van der Waals surface area (Å²) in [6.07, 6.45) is -5.76. The topological polar surface area (TPSA) is 214 Å². The van der Waals surface area contributed by atoms with Crippen LogP contribution in [0.15, 0.2) is 60.7 Å². The Bertz CT molecular complexity index is 1830. The van der Waals surface area contributed by atoms with Crippen LogP contribution in [0, 0.1) is 11.8 Å². The minimum atomic E-state index is -1.31. The Labute approximate surface area is 335 Å². The minimum Gasteiger partial charge on any atom is -0.504 e. The van der Waals surface area contributed by atoms with Crippen molar-refractivity contribution in [2.75, 3.05) is 69.1 Å². The van der Waals surface area contributed by atoms with Gasteiger partial charge in [0.25, 0.3) is 0 Å². The molecule has 4 aromatic carbocycles. The van der Waals surface area contributed by atoms with Gasteiger partial charge in [-0.2, -0.15) is 0 Å². The zero-order chi connectivity index (χ0) is 41.7. The fourth-order valence-corrected chi connectivity index (χ4v) is 7.49. The summed E-state index contributed by atoms with van der Waals surface area (Å²) in [7, 11) is 8.65. The molecule has 2 heterocycles. The maximum atomic E-state index is 11.2. The van der Waals surface area contributed by atoms with Crippen LogP contribution in [0.5, 0.6) is 57.5 Å². The van der Waals surface area contributed by atoms with E-state index in [4.69, 9.17) is 47.4 Å². The molecule has 16 heteroatoms. The van der Waals surface area contributed by atoms with Crippen molar-refractivity contribution in [1.29, 1.82) is 0 Å². The summed E-state index contributed by atoms with van der Waals surface area (Å²) in [5, 5.41) is 62.8. The zero-order valence-corrected chi connectivity index (χ0v) is 33.0. The van der Waals surface area contributed by atoms with Gasteiger partial charge in [-0.15, -0.1) is 0 Å². The Hall–Kier alpha value is -5.36. The van der Waals surface area contributed by atoms with Crippen molar-refractivity contribution in [2.24, 2.45) is 11.8 Å². The van der Waals surface area contributed by atoms with Gasteiger partial charge in [-0.1, -0.05) is 12.1 Å². The first-order chi connectivity index (χ1) is 28.0. The van der Waals surface area contributed by atoms with Crippen molar-refractivity contribution in [3.05, 3.63) is 82.9 Å². The van der Waals surface area contributed by atoms with E-state index in [1.165, 1.54) is 79.1 Å². The standard InChI is InChI=1S/C42H50O16/c1-49-29-11-21(7-9-27(29)45)37(47)35(17-43)57-41-31(51-3)13-23(14-32(41)52-4)39-25-19-56-40(26(25)20-55-39)24-15-33(53-5)42(34(16-24)54-6)58-36(18-44)38(48)22-8-10-28(46)30(12-22)50-2/h7-16,25-26,35-40,43-48H,17-20H2,1-6H3/t25-,26+,35?,36?,37?,38?,39?,40?. The number of aliphatic hydroxyl groups is 4. The van der Waals surface area contributed by atoms with Gasteiger partial charge in [0, 0.05) is 11.8 Å². The maximum absolute atomic E-state index is 11.2. The molecule has 2 fully saturated rings. The van der Waals surface area contributed by atoms with E-state index in [-0.39, 0.29) is 69.3 Å². The van der Waals surface area contributed by atoms with Gasteiger partial charge in [0.05, 0.1) is 81.3 Å². The van der Waals surface area contributed by atoms with E-state index in [9.17, 15) is 30.6 Å². The molecule has 58 heavy (non-hydrogen) atoms. The molecule has 6 unspecified atom stereocenters. The van der Waals surface area contributed by atoms with Gasteiger partial charge in [0.1, 0.15) is 12.2 Å². The molecule has 6 rings (SSSR count). The quantitative estimate of drug-likeness (QED) is 0.0832. The van der Waals surface area contributed by atoms with E-state index < -0.39 is 49.8 Å². The van der Waals surface area contributed by atoms with Crippen LogP contribution in [0.1, 0.15) is 46.7 Å². The SMILES string of the molecule is COc1cc(C(O)C(CO)Oc2c(OC)cc(C3OC[C@H]4C(c5cc(OC)c(OC(CO)C(O)c6ccc(O)c(OC)c6)c(OC)c5)OC[C@H]34)cc2OC)ccc1O. The Morgan fingerprint density at radius 3 is 1.14 bits per heavy atom. The number of benzene rings is 4. The van der Waals surface area contributed by atoms with Crippen molar-refractivity contribution in [1.82, 2.24) is 0 Å². The Balaban J connectivity index is 1.22. The highest BCUT2D eigenvalue weighted by Crippen LogP contribution is 2.54. The van der Waals surface area contributed by atoms with Crippen LogP contribution >= 0.6 is 0 Å². The number of ether oxygens (including phenoxy) is 10. The Kier molecular flexibility index (Phi) is 13.5. The van der Waals surface area contributed by atoms with Crippen molar-refractivity contribution in [3.63, 3.8) is 0 Å². The van der Waals surface area contributed by atoms with Gasteiger partial charge in [0.15, 0.2) is 58.2 Å². The van der Waals surface area contributed by atoms with Crippen LogP contribution in [0.25, 0.3) is 0 Å². The first-order valence-electron chi connectivity index (χ1n) is 18.4. The van der Waals surface area contributed by atoms with Gasteiger partial charge < -0.3 is 78.0 Å². The number of hydrogen-bond donors (Lipinski definition) is 6. The second-order valence-corrected chi connectivity index (χ2v) is 13.8. The third-order valence-electron chi connectivity index (χ3n) is 10.6. The maximum Gasteiger partial charge on any atom is 0.204 e. The summed E-state index contributed by atoms with van der Waals surface area (Å²) < 4.78 is 58.4. The van der Waals surface area contributed by atoms with E-state index in [1.54, 1.807) is 24.3 Å². The van der Waals surface area contributed by atoms with Gasteiger partial charge >= 0.3 is 0 Å². The summed E-state index contributed by atoms with van der Waals surface area (Å²) in [5.41, 5.74) is 2.17. The normalized spacial score (nSPS) is 20.7. The number of aliphatic hydroxyl groups excluding tert-OH is 4. The Morgan fingerprint density at radius 2 is 0.845 bits per heavy atom. The molecular weight excluding hydrogens is 760 g/mol. The molecule has 4 aromatic rings. The van der Waals surface area contributed by atoms with Crippen molar-refractivity contribution < 1.29 is 78.0 Å². The van der Waals surface area contributed by atoms with Crippen LogP contribution in [0.2, 0.25) is 0 Å². The molecule has 0 aromatic heterocycles. The first-order valence-corrected chi connectivity index (χ1v) is 18.4. The second kappa shape index (κ2) is 18.5. The first kappa shape index (κ1) is 42.3. The van der Waals surface area contributed by atoms with E-state index in [0.29, 0.717) is 24.3 Å². The summed E-state index contributed by atoms with van der Waals surface area (Å²) in [5.74, 6) is 1.38. The molecule has 16 nitrogen and oxygen atoms in total. The summed E-state index contributed by atoms with van der Waals surface area (Å²) in [6, 6.07) is 15.7. The molecule has 0 aliphatic carbocycles. The lowest BCUT2D eigenvalue weighted by molar-refractivity contribution is -0.00205. The predicted octanol–water partition coefficient (Wildman–Crippen LogP) is 4.17. The third-order valence-corrected chi connectivity index (χ3v) is 10.6. The molecule has 2 aliphatic heterocycles. The molecule has 2 saturated heterocycles. The summed E-state index contributed by atoms with van der Waals surface area (Å²) >= 11 is 0. The van der Waals surface area contributed by atoms with Crippen LogP contribution in [0.3, 0.4) is 0 Å². The lowest BCUT2D eigenvalue weighted by atomic mass is 9.84. The molecule has 0 saturated carbocycles. The van der Waals surface area contributed by atoms with Crippen LogP contribution in [-0.4, -0.2) is 112 Å². The van der Waals surface area contributed by atoms with Gasteiger partial charge in [-0.3, -0.25) is 0 Å². The number of methoxy groups -OCH3 is 6. The zero-order valence-electron chi connectivity index (χ0n) is 33.0. The average molecular weight is 811 g/mol. The molecule has 8 atom stereocenters. The number of phenolic OH excluding ortho intramolecular Hbond substituents is 2. The summed E-state index contributed by atoms with van der Waals surface area (Å²) in [6.45, 7) is -0.408. The fourth-order valence-electron chi connectivity index (χ4n) is 7.49. The van der Waals surface area contributed by atoms with Gasteiger partial charge in [-0.05, 0) is 70.8 Å². The fraction of sp³-hybridized carbons (Fsp3) is 0.429. The largest absolute Gasteiger partial charge is 0.504 e. The number of phenols is 2. The van der Waals surface area contributed by atoms with Crippen molar-refractivity contribution in [3.8, 4) is 57.5 Å². The van der Waals surface area contributed by atoms with E-state index in [2.05, 4.69) is 0 Å². The molecule has 6 N–H and O–H groups in total. The number of hydrogen-bond acceptors (Lipinski definition) is 16. The van der Waals surface area contributed by atoms with Crippen LogP contribution < -0.4 is 37.9 Å². The molecule has 0 spiro atoms. The lowest BCUT2D eigenvalue weighted by Crippen LogP contribution is -2.29. The predicted molar refractivity (Wildman–Crippen MR) is 206 cm³/mol. The molecule has 314 valence electrons. The van der Waals surface area contributed by atoms with Gasteiger partial charge in [0.2, 0.25) is 11.5 Å². The smallest absolute Gasteiger partial charge is 0.204 e. The van der Waals surface area contributed by atoms with Crippen molar-refractivity contribution >= 4 is 0 Å². The van der Waals surface area contributed by atoms with E-state index >= 15 is 0 Å². The monoisotopic (exact) mass is 810 g/mol. The van der Waals surface area contributed by atoms with Crippen LogP contribution in [0.4, 0.5) is 0 Å². The lowest BCUT2D eigenvalue weighted by Gasteiger charge is -2.26. The molecule has 0 bridgehead atoms. The highest BCUT2D eigenvalue weighted by Gasteiger charge is 2.49. The number of rotatable bonds is 18. The minimum absolute atomic E-state index is 0.0909. The molecule has 0 radical (unpaired) electrons. The Morgan fingerprint density at radius 1 is 0.517 bits per heavy atom. The number of fused-ring (bicyclic) bond motifs is 1. The average Bonchev–Trinajstić information content (AvgIpc) is 3.87. The van der Waals surface area contributed by atoms with Crippen molar-refractivity contribution in [2.45, 2.75) is 36.6 Å². The number of aromatic hydroxyl groups is 2. The third kappa shape index (κ3) is 8.30. The highest BCUT2D eigenvalue weighted by atomic mass is 16.6. The van der Waals surface area contributed by atoms with Crippen LogP contribution in [-0.2, 0) is 9.47 Å². The summed E-state index contributed by atoms with van der Waals surface area (Å²) in [4.78, 5) is 0. The molecular formula is C42H50O16. The second-order valence-electron chi connectivity index (χ2n) is 13.8. The van der Waals surface area contributed by atoms with E-state index in [0.717, 1.165) is 11.1 Å². The molecule has 2 aliphatic rings. The molecule has 0 amide bonds. The van der Waals surface area contributed by atoms with Gasteiger partial charge in [-0.25, -0.2) is 0 Å². The van der Waals surface area contributed by atoms with E-state index in [1.807, 2.05) is 0 Å².